The largest absolute Gasteiger partial charge is 0.465 e. The summed E-state index contributed by atoms with van der Waals surface area (Å²) in [5.74, 6) is -1.29. The van der Waals surface area contributed by atoms with E-state index in [1.54, 1.807) is 12.1 Å². The summed E-state index contributed by atoms with van der Waals surface area (Å²) in [7, 11) is 2.82. The van der Waals surface area contributed by atoms with Crippen molar-refractivity contribution < 1.29 is 23.9 Å². The minimum atomic E-state index is -1.24. The van der Waals surface area contributed by atoms with Crippen LogP contribution in [0.3, 0.4) is 0 Å². The van der Waals surface area contributed by atoms with Gasteiger partial charge in [0.15, 0.2) is 0 Å². The molecule has 0 fully saturated rings. The average molecular weight is 322 g/mol. The first-order valence-electron chi connectivity index (χ1n) is 7.10. The minimum absolute atomic E-state index is 0.333. The molecule has 23 heavy (non-hydrogen) atoms. The zero-order valence-corrected chi connectivity index (χ0v) is 13.8. The molecular formula is C16H22N2O5. The van der Waals surface area contributed by atoms with Crippen LogP contribution >= 0.6 is 0 Å². The predicted molar refractivity (Wildman–Crippen MR) is 85.1 cm³/mol. The highest BCUT2D eigenvalue weighted by atomic mass is 16.5. The number of benzene rings is 1. The molecule has 0 bridgehead atoms. The summed E-state index contributed by atoms with van der Waals surface area (Å²) in [5.41, 5.74) is -0.378. The van der Waals surface area contributed by atoms with Crippen LogP contribution in [-0.2, 0) is 19.1 Å². The van der Waals surface area contributed by atoms with Crippen molar-refractivity contribution in [3.63, 3.8) is 0 Å². The number of carbonyl (C=O) groups excluding carboxylic acids is 3. The minimum Gasteiger partial charge on any atom is -0.465 e. The van der Waals surface area contributed by atoms with Crippen molar-refractivity contribution >= 4 is 23.5 Å². The highest BCUT2D eigenvalue weighted by Gasteiger charge is 2.35. The van der Waals surface area contributed by atoms with Gasteiger partial charge in [-0.25, -0.2) is 4.79 Å². The molecule has 1 aromatic rings. The van der Waals surface area contributed by atoms with Crippen LogP contribution in [0.15, 0.2) is 24.3 Å². The first-order chi connectivity index (χ1) is 10.8. The molecule has 1 aromatic carbocycles. The van der Waals surface area contributed by atoms with Gasteiger partial charge >= 0.3 is 5.97 Å². The van der Waals surface area contributed by atoms with Crippen LogP contribution in [0.2, 0.25) is 0 Å². The Morgan fingerprint density at radius 1 is 1.04 bits per heavy atom. The summed E-state index contributed by atoms with van der Waals surface area (Å²) in [6.45, 7) is 3.78. The number of anilines is 1. The molecule has 0 radical (unpaired) electrons. The fourth-order valence-corrected chi connectivity index (χ4v) is 1.69. The zero-order chi connectivity index (χ0) is 17.5. The zero-order valence-electron chi connectivity index (χ0n) is 13.8. The first-order valence-corrected chi connectivity index (χ1v) is 7.10. The molecular weight excluding hydrogens is 300 g/mol. The van der Waals surface area contributed by atoms with Crippen LogP contribution in [-0.4, -0.2) is 45.2 Å². The van der Waals surface area contributed by atoms with E-state index in [2.05, 4.69) is 15.4 Å². The number of ether oxygens (including phenoxy) is 2. The van der Waals surface area contributed by atoms with Crippen LogP contribution in [0.4, 0.5) is 5.69 Å². The van der Waals surface area contributed by atoms with Gasteiger partial charge in [0.1, 0.15) is 5.41 Å². The van der Waals surface area contributed by atoms with Crippen molar-refractivity contribution in [1.29, 1.82) is 0 Å². The van der Waals surface area contributed by atoms with E-state index in [0.29, 0.717) is 24.4 Å². The van der Waals surface area contributed by atoms with Crippen molar-refractivity contribution in [1.82, 2.24) is 5.32 Å². The van der Waals surface area contributed by atoms with Gasteiger partial charge < -0.3 is 20.1 Å². The molecule has 0 aromatic heterocycles. The summed E-state index contributed by atoms with van der Waals surface area (Å²) < 4.78 is 9.45. The quantitative estimate of drug-likeness (QED) is 0.447. The lowest BCUT2D eigenvalue weighted by Crippen LogP contribution is -2.45. The van der Waals surface area contributed by atoms with Gasteiger partial charge in [0.25, 0.3) is 0 Å². The topological polar surface area (TPSA) is 93.7 Å². The summed E-state index contributed by atoms with van der Waals surface area (Å²) >= 11 is 0. The Morgan fingerprint density at radius 2 is 1.65 bits per heavy atom. The Kier molecular flexibility index (Phi) is 6.71. The second kappa shape index (κ2) is 8.28. The fraction of sp³-hybridized carbons (Fsp3) is 0.438. The Hall–Kier alpha value is -2.41. The van der Waals surface area contributed by atoms with E-state index in [1.165, 1.54) is 40.2 Å². The maximum absolute atomic E-state index is 12.3. The van der Waals surface area contributed by atoms with Gasteiger partial charge in [-0.3, -0.25) is 9.59 Å². The molecule has 0 spiro atoms. The third-order valence-electron chi connectivity index (χ3n) is 3.29. The molecule has 0 aliphatic rings. The number of nitrogens with one attached hydrogen (secondary N) is 2. The highest BCUT2D eigenvalue weighted by molar-refractivity contribution is 6.09. The van der Waals surface area contributed by atoms with Crippen molar-refractivity contribution in [3.8, 4) is 0 Å². The second-order valence-corrected chi connectivity index (χ2v) is 5.40. The molecule has 0 heterocycles. The smallest absolute Gasteiger partial charge is 0.337 e. The molecule has 0 saturated heterocycles. The molecule has 2 amide bonds. The van der Waals surface area contributed by atoms with Gasteiger partial charge in [-0.05, 0) is 38.1 Å². The normalized spacial score (nSPS) is 10.8. The molecule has 0 atom stereocenters. The highest BCUT2D eigenvalue weighted by Crippen LogP contribution is 2.19. The van der Waals surface area contributed by atoms with E-state index in [-0.39, 0.29) is 0 Å². The Balaban J connectivity index is 2.70. The molecule has 7 heteroatoms. The van der Waals surface area contributed by atoms with E-state index < -0.39 is 23.2 Å². The van der Waals surface area contributed by atoms with E-state index >= 15 is 0 Å². The third kappa shape index (κ3) is 5.07. The molecule has 7 nitrogen and oxygen atoms in total. The molecule has 0 aliphatic carbocycles. The van der Waals surface area contributed by atoms with Crippen LogP contribution in [0.1, 0.15) is 24.2 Å². The number of hydrogen-bond donors (Lipinski definition) is 2. The Morgan fingerprint density at radius 3 is 2.17 bits per heavy atom. The lowest BCUT2D eigenvalue weighted by Gasteiger charge is -2.22. The standard InChI is InChI=1S/C16H22N2O5/c1-16(2,14(20)17-9-10-22-3)15(21)18-12-7-5-11(6-8-12)13(19)23-4/h5-8H,9-10H2,1-4H3,(H,17,20)(H,18,21). The van der Waals surface area contributed by atoms with Crippen molar-refractivity contribution in [2.75, 3.05) is 32.7 Å². The number of methoxy groups -OCH3 is 2. The van der Waals surface area contributed by atoms with Crippen LogP contribution in [0.25, 0.3) is 0 Å². The second-order valence-electron chi connectivity index (χ2n) is 5.40. The van der Waals surface area contributed by atoms with Gasteiger partial charge in [0.05, 0.1) is 19.3 Å². The third-order valence-corrected chi connectivity index (χ3v) is 3.29. The summed E-state index contributed by atoms with van der Waals surface area (Å²) in [6, 6.07) is 6.21. The van der Waals surface area contributed by atoms with E-state index in [0.717, 1.165) is 0 Å². The van der Waals surface area contributed by atoms with Crippen LogP contribution in [0, 0.1) is 5.41 Å². The molecule has 126 valence electrons. The summed E-state index contributed by atoms with van der Waals surface area (Å²) in [6.07, 6.45) is 0. The van der Waals surface area contributed by atoms with Crippen molar-refractivity contribution in [2.24, 2.45) is 5.41 Å². The lowest BCUT2D eigenvalue weighted by molar-refractivity contribution is -0.138. The van der Waals surface area contributed by atoms with Crippen LogP contribution < -0.4 is 10.6 Å². The monoisotopic (exact) mass is 322 g/mol. The molecule has 0 unspecified atom stereocenters. The maximum Gasteiger partial charge on any atom is 0.337 e. The van der Waals surface area contributed by atoms with Crippen molar-refractivity contribution in [2.45, 2.75) is 13.8 Å². The Labute approximate surface area is 135 Å². The van der Waals surface area contributed by atoms with Gasteiger partial charge in [-0.1, -0.05) is 0 Å². The van der Waals surface area contributed by atoms with Gasteiger partial charge in [0, 0.05) is 19.3 Å². The summed E-state index contributed by atoms with van der Waals surface area (Å²) in [5, 5.41) is 5.29. The SMILES string of the molecule is COCCNC(=O)C(C)(C)C(=O)Nc1ccc(C(=O)OC)cc1. The average Bonchev–Trinajstić information content (AvgIpc) is 2.54. The number of carbonyl (C=O) groups is 3. The molecule has 2 N–H and O–H groups in total. The predicted octanol–water partition coefficient (Wildman–Crippen LogP) is 1.20. The van der Waals surface area contributed by atoms with Crippen molar-refractivity contribution in [3.05, 3.63) is 29.8 Å². The fourth-order valence-electron chi connectivity index (χ4n) is 1.69. The van der Waals surface area contributed by atoms with Gasteiger partial charge in [-0.15, -0.1) is 0 Å². The number of esters is 1. The molecule has 0 aliphatic heterocycles. The number of amides is 2. The van der Waals surface area contributed by atoms with Gasteiger partial charge in [-0.2, -0.15) is 0 Å². The first kappa shape index (κ1) is 18.6. The van der Waals surface area contributed by atoms with E-state index in [4.69, 9.17) is 4.74 Å². The number of hydrogen-bond acceptors (Lipinski definition) is 5. The Bertz CT molecular complexity index is 566. The lowest BCUT2D eigenvalue weighted by atomic mass is 9.91. The van der Waals surface area contributed by atoms with E-state index in [1.807, 2.05) is 0 Å². The number of rotatable bonds is 7. The molecule has 1 rings (SSSR count). The summed E-state index contributed by atoms with van der Waals surface area (Å²) in [4.78, 5) is 35.7. The van der Waals surface area contributed by atoms with Gasteiger partial charge in [0.2, 0.25) is 11.8 Å². The molecule has 0 saturated carbocycles. The maximum atomic E-state index is 12.3. The van der Waals surface area contributed by atoms with E-state index in [9.17, 15) is 14.4 Å². The van der Waals surface area contributed by atoms with Crippen LogP contribution in [0.5, 0.6) is 0 Å².